The number of anilines is 1. The molecule has 2 aromatic carbocycles. The van der Waals surface area contributed by atoms with E-state index in [-0.39, 0.29) is 18.0 Å². The molecule has 0 aliphatic heterocycles. The molecule has 130 valence electrons. The average Bonchev–Trinajstić information content (AvgIpc) is 2.60. The van der Waals surface area contributed by atoms with Gasteiger partial charge in [-0.15, -0.1) is 0 Å². The molecule has 1 amide bonds. The van der Waals surface area contributed by atoms with Crippen molar-refractivity contribution in [1.29, 1.82) is 0 Å². The molecule has 0 heterocycles. The lowest BCUT2D eigenvalue weighted by atomic mass is 10.2. The topological polar surface area (TPSA) is 64.6 Å². The zero-order valence-electron chi connectivity index (χ0n) is 14.5. The van der Waals surface area contributed by atoms with Crippen LogP contribution in [-0.2, 0) is 9.53 Å². The normalized spacial score (nSPS) is 10.7. The van der Waals surface area contributed by atoms with Crippen LogP contribution in [0.4, 0.5) is 5.69 Å². The lowest BCUT2D eigenvalue weighted by Crippen LogP contribution is -2.12. The second-order valence-electron chi connectivity index (χ2n) is 5.60. The minimum atomic E-state index is -0.385. The van der Waals surface area contributed by atoms with Gasteiger partial charge >= 0.3 is 5.97 Å². The molecule has 25 heavy (non-hydrogen) atoms. The van der Waals surface area contributed by atoms with Gasteiger partial charge in [0, 0.05) is 17.3 Å². The summed E-state index contributed by atoms with van der Waals surface area (Å²) in [5.41, 5.74) is 1.85. The summed E-state index contributed by atoms with van der Waals surface area (Å²) < 4.78 is 10.3. The number of nitrogens with one attached hydrogen (secondary N) is 1. The number of esters is 1. The number of amides is 1. The maximum absolute atomic E-state index is 12.0. The van der Waals surface area contributed by atoms with Gasteiger partial charge in [0.15, 0.2) is 0 Å². The van der Waals surface area contributed by atoms with E-state index in [9.17, 15) is 9.59 Å². The van der Waals surface area contributed by atoms with Crippen LogP contribution in [0.1, 0.15) is 29.8 Å². The van der Waals surface area contributed by atoms with Gasteiger partial charge in [-0.2, -0.15) is 0 Å². The number of ether oxygens (including phenoxy) is 2. The molecule has 0 fully saturated rings. The quantitative estimate of drug-likeness (QED) is 0.640. The first kappa shape index (κ1) is 18.3. The van der Waals surface area contributed by atoms with Crippen molar-refractivity contribution in [2.75, 3.05) is 12.4 Å². The minimum Gasteiger partial charge on any atom is -0.496 e. The largest absolute Gasteiger partial charge is 0.496 e. The van der Waals surface area contributed by atoms with Crippen molar-refractivity contribution in [2.45, 2.75) is 20.0 Å². The summed E-state index contributed by atoms with van der Waals surface area (Å²) in [4.78, 5) is 23.8. The van der Waals surface area contributed by atoms with E-state index in [1.807, 2.05) is 24.3 Å². The molecular weight excluding hydrogens is 318 g/mol. The zero-order valence-corrected chi connectivity index (χ0v) is 14.5. The highest BCUT2D eigenvalue weighted by Gasteiger charge is 2.09. The highest BCUT2D eigenvalue weighted by atomic mass is 16.5. The van der Waals surface area contributed by atoms with Crippen LogP contribution in [0, 0.1) is 0 Å². The third kappa shape index (κ3) is 5.49. The molecular formula is C20H21NO4. The standard InChI is InChI=1S/C20H21NO4/c1-14(2)25-20(23)16-8-11-17(12-9-16)21-19(22)13-10-15-6-4-5-7-18(15)24-3/h4-14H,1-3H3,(H,21,22). The summed E-state index contributed by atoms with van der Waals surface area (Å²) >= 11 is 0. The molecule has 0 atom stereocenters. The Kier molecular flexibility index (Phi) is 6.34. The van der Waals surface area contributed by atoms with E-state index >= 15 is 0 Å². The van der Waals surface area contributed by atoms with Crippen molar-refractivity contribution in [3.63, 3.8) is 0 Å². The van der Waals surface area contributed by atoms with Gasteiger partial charge in [0.2, 0.25) is 5.91 Å². The van der Waals surface area contributed by atoms with Gasteiger partial charge in [0.25, 0.3) is 0 Å². The van der Waals surface area contributed by atoms with Crippen molar-refractivity contribution in [1.82, 2.24) is 0 Å². The maximum atomic E-state index is 12.0. The van der Waals surface area contributed by atoms with Gasteiger partial charge in [0.05, 0.1) is 18.8 Å². The smallest absolute Gasteiger partial charge is 0.338 e. The molecule has 5 heteroatoms. The third-order valence-corrected chi connectivity index (χ3v) is 3.28. The number of hydrogen-bond acceptors (Lipinski definition) is 4. The predicted molar refractivity (Wildman–Crippen MR) is 97.7 cm³/mol. The lowest BCUT2D eigenvalue weighted by molar-refractivity contribution is -0.111. The van der Waals surface area contributed by atoms with Crippen LogP contribution in [0.25, 0.3) is 6.08 Å². The SMILES string of the molecule is COc1ccccc1C=CC(=O)Nc1ccc(C(=O)OC(C)C)cc1. The molecule has 2 aromatic rings. The molecule has 0 radical (unpaired) electrons. The Balaban J connectivity index is 1.98. The van der Waals surface area contributed by atoms with Crippen LogP contribution in [0.2, 0.25) is 0 Å². The number of carbonyl (C=O) groups excluding carboxylic acids is 2. The molecule has 0 aliphatic rings. The van der Waals surface area contributed by atoms with Crippen molar-refractivity contribution in [3.05, 3.63) is 65.7 Å². The number of hydrogen-bond donors (Lipinski definition) is 1. The highest BCUT2D eigenvalue weighted by molar-refractivity contribution is 6.02. The fourth-order valence-corrected chi connectivity index (χ4v) is 2.13. The van der Waals surface area contributed by atoms with E-state index in [1.54, 1.807) is 51.3 Å². The Hall–Kier alpha value is -3.08. The van der Waals surface area contributed by atoms with Crippen LogP contribution in [-0.4, -0.2) is 25.1 Å². The average molecular weight is 339 g/mol. The molecule has 2 rings (SSSR count). The summed E-state index contributed by atoms with van der Waals surface area (Å²) in [6.45, 7) is 3.58. The molecule has 0 unspecified atom stereocenters. The summed E-state index contributed by atoms with van der Waals surface area (Å²) in [7, 11) is 1.58. The Morgan fingerprint density at radius 2 is 1.72 bits per heavy atom. The van der Waals surface area contributed by atoms with E-state index < -0.39 is 0 Å². The highest BCUT2D eigenvalue weighted by Crippen LogP contribution is 2.18. The lowest BCUT2D eigenvalue weighted by Gasteiger charge is -2.08. The van der Waals surface area contributed by atoms with Crippen LogP contribution >= 0.6 is 0 Å². The number of benzene rings is 2. The Morgan fingerprint density at radius 1 is 1.04 bits per heavy atom. The maximum Gasteiger partial charge on any atom is 0.338 e. The van der Waals surface area contributed by atoms with Crippen LogP contribution < -0.4 is 10.1 Å². The van der Waals surface area contributed by atoms with Crippen LogP contribution in [0.3, 0.4) is 0 Å². The van der Waals surface area contributed by atoms with Crippen molar-refractivity contribution >= 4 is 23.6 Å². The van der Waals surface area contributed by atoms with Gasteiger partial charge in [-0.05, 0) is 50.3 Å². The summed E-state index contributed by atoms with van der Waals surface area (Å²) in [5, 5.41) is 2.74. The Bertz CT molecular complexity index is 764. The molecule has 0 aromatic heterocycles. The number of carbonyl (C=O) groups is 2. The van der Waals surface area contributed by atoms with Crippen molar-refractivity contribution < 1.29 is 19.1 Å². The molecule has 0 saturated heterocycles. The fourth-order valence-electron chi connectivity index (χ4n) is 2.13. The molecule has 1 N–H and O–H groups in total. The second-order valence-corrected chi connectivity index (χ2v) is 5.60. The van der Waals surface area contributed by atoms with E-state index in [0.29, 0.717) is 17.0 Å². The van der Waals surface area contributed by atoms with Crippen LogP contribution in [0.5, 0.6) is 5.75 Å². The molecule has 5 nitrogen and oxygen atoms in total. The third-order valence-electron chi connectivity index (χ3n) is 3.28. The molecule has 0 aliphatic carbocycles. The zero-order chi connectivity index (χ0) is 18.2. The van der Waals surface area contributed by atoms with Gasteiger partial charge in [-0.25, -0.2) is 4.79 Å². The van der Waals surface area contributed by atoms with Gasteiger partial charge in [-0.3, -0.25) is 4.79 Å². The first-order valence-electron chi connectivity index (χ1n) is 7.92. The number of rotatable bonds is 6. The van der Waals surface area contributed by atoms with E-state index in [4.69, 9.17) is 9.47 Å². The Labute approximate surface area is 147 Å². The van der Waals surface area contributed by atoms with E-state index in [2.05, 4.69) is 5.32 Å². The second kappa shape index (κ2) is 8.68. The molecule has 0 spiro atoms. The van der Waals surface area contributed by atoms with E-state index in [0.717, 1.165) is 5.56 Å². The summed E-state index contributed by atoms with van der Waals surface area (Å²) in [6.07, 6.45) is 2.94. The molecule has 0 saturated carbocycles. The van der Waals surface area contributed by atoms with Crippen LogP contribution in [0.15, 0.2) is 54.6 Å². The number of para-hydroxylation sites is 1. The van der Waals surface area contributed by atoms with Gasteiger partial charge in [0.1, 0.15) is 5.75 Å². The summed E-state index contributed by atoms with van der Waals surface area (Å²) in [6, 6.07) is 14.0. The monoisotopic (exact) mass is 339 g/mol. The minimum absolute atomic E-state index is 0.174. The predicted octanol–water partition coefficient (Wildman–Crippen LogP) is 3.91. The summed E-state index contributed by atoms with van der Waals surface area (Å²) in [5.74, 6) is 0.0342. The van der Waals surface area contributed by atoms with Crippen molar-refractivity contribution in [2.24, 2.45) is 0 Å². The van der Waals surface area contributed by atoms with E-state index in [1.165, 1.54) is 6.08 Å². The first-order valence-corrected chi connectivity index (χ1v) is 7.92. The first-order chi connectivity index (χ1) is 12.0. The van der Waals surface area contributed by atoms with Gasteiger partial charge < -0.3 is 14.8 Å². The molecule has 0 bridgehead atoms. The van der Waals surface area contributed by atoms with Gasteiger partial charge in [-0.1, -0.05) is 18.2 Å². The van der Waals surface area contributed by atoms with Crippen molar-refractivity contribution in [3.8, 4) is 5.75 Å². The fraction of sp³-hybridized carbons (Fsp3) is 0.200. The number of methoxy groups -OCH3 is 1. The Morgan fingerprint density at radius 3 is 2.36 bits per heavy atom.